The third kappa shape index (κ3) is 8.95. The Morgan fingerprint density at radius 3 is 1.73 bits per heavy atom. The summed E-state index contributed by atoms with van der Waals surface area (Å²) in [6, 6.07) is 17.6. The van der Waals surface area contributed by atoms with Gasteiger partial charge in [0.15, 0.2) is 33.6 Å². The maximum atomic E-state index is 13.7. The van der Waals surface area contributed by atoms with E-state index >= 15 is 0 Å². The summed E-state index contributed by atoms with van der Waals surface area (Å²) in [5, 5.41) is 48.2. The fraction of sp³-hybridized carbons (Fsp3) is 0.176. The maximum Gasteiger partial charge on any atom is 0.233 e. The van der Waals surface area contributed by atoms with Gasteiger partial charge in [0.25, 0.3) is 0 Å². The van der Waals surface area contributed by atoms with E-state index in [-0.39, 0.29) is 67.3 Å². The second-order valence-electron chi connectivity index (χ2n) is 10.2. The van der Waals surface area contributed by atoms with Crippen molar-refractivity contribution in [3.63, 3.8) is 0 Å². The van der Waals surface area contributed by atoms with Crippen molar-refractivity contribution >= 4 is 23.5 Å². The first-order chi connectivity index (χ1) is 23.5. The molecule has 0 fully saturated rings. The molecule has 0 aliphatic carbocycles. The van der Waals surface area contributed by atoms with Crippen LogP contribution in [0.3, 0.4) is 0 Å². The van der Waals surface area contributed by atoms with E-state index in [9.17, 15) is 38.1 Å². The molecule has 250 valence electrons. The van der Waals surface area contributed by atoms with Gasteiger partial charge in [0.2, 0.25) is 11.8 Å². The van der Waals surface area contributed by atoms with Crippen LogP contribution in [-0.2, 0) is 11.5 Å². The van der Waals surface area contributed by atoms with Crippen LogP contribution < -0.4 is 0 Å². The van der Waals surface area contributed by atoms with E-state index in [4.69, 9.17) is 5.26 Å². The van der Waals surface area contributed by atoms with Gasteiger partial charge in [0.05, 0.1) is 11.4 Å². The molecular weight excluding hydrogens is 681 g/mol. The van der Waals surface area contributed by atoms with Crippen molar-refractivity contribution < 1.29 is 32.9 Å². The highest BCUT2D eigenvalue weighted by Gasteiger charge is 2.20. The second kappa shape index (κ2) is 16.6. The van der Waals surface area contributed by atoms with Gasteiger partial charge in [0, 0.05) is 28.2 Å². The molecule has 0 saturated heterocycles. The lowest BCUT2D eigenvalue weighted by molar-refractivity contribution is 0.439. The molecule has 0 aliphatic heterocycles. The molecule has 15 heteroatoms. The van der Waals surface area contributed by atoms with Gasteiger partial charge >= 0.3 is 0 Å². The average molecular weight is 707 g/mol. The lowest BCUT2D eigenvalue weighted by Gasteiger charge is -2.12. The first kappa shape index (κ1) is 36.5. The Morgan fingerprint density at radius 2 is 1.22 bits per heavy atom. The van der Waals surface area contributed by atoms with Crippen molar-refractivity contribution in [1.82, 2.24) is 19.9 Å². The largest absolute Gasteiger partial charge is 0.508 e. The van der Waals surface area contributed by atoms with Crippen molar-refractivity contribution in [2.45, 2.75) is 48.0 Å². The lowest BCUT2D eigenvalue weighted by atomic mass is 10.0. The maximum absolute atomic E-state index is 13.7. The predicted octanol–water partition coefficient (Wildman–Crippen LogP) is 8.13. The van der Waals surface area contributed by atoms with E-state index in [2.05, 4.69) is 19.9 Å². The molecule has 3 aromatic carbocycles. The van der Waals surface area contributed by atoms with Crippen LogP contribution in [0, 0.1) is 45.9 Å². The number of nitriles is 2. The molecule has 1 atom stereocenters. The Morgan fingerprint density at radius 1 is 0.714 bits per heavy atom. The van der Waals surface area contributed by atoms with Gasteiger partial charge in [-0.15, -0.1) is 0 Å². The van der Waals surface area contributed by atoms with Crippen LogP contribution in [0.1, 0.15) is 54.1 Å². The number of rotatable bonds is 9. The average Bonchev–Trinajstić information content (AvgIpc) is 3.09. The summed E-state index contributed by atoms with van der Waals surface area (Å²) in [5.41, 5.74) is 1.24. The molecule has 2 heterocycles. The number of aromatic hydroxyl groups is 3. The molecule has 0 aliphatic rings. The summed E-state index contributed by atoms with van der Waals surface area (Å²) in [6.45, 7) is 3.84. The first-order valence-electron chi connectivity index (χ1n) is 14.4. The van der Waals surface area contributed by atoms with Gasteiger partial charge in [-0.25, -0.2) is 27.5 Å². The van der Waals surface area contributed by atoms with Gasteiger partial charge in [0.1, 0.15) is 29.0 Å². The zero-order valence-corrected chi connectivity index (χ0v) is 27.5. The Bertz CT molecular complexity index is 2070. The molecule has 0 amide bonds. The number of hydrogen-bond donors (Lipinski definition) is 3. The van der Waals surface area contributed by atoms with Crippen molar-refractivity contribution in [2.75, 3.05) is 0 Å². The molecular formula is C34H26F4N6O3S2. The normalized spacial score (nSPS) is 11.2. The Hall–Kier alpha value is -5.38. The van der Waals surface area contributed by atoms with Crippen LogP contribution in [-0.4, -0.2) is 35.3 Å². The molecule has 0 spiro atoms. The molecule has 9 nitrogen and oxygen atoms in total. The minimum absolute atomic E-state index is 0.0243. The SMILES string of the molecule is CCC(C)c1nc(SCc2cccc(F)c2F)nc(O)c1C#N.N#Cc1c(O)nc(SCc2cccc(F)c2F)nc1-c1cccc(O)c1. The number of phenolic OH excluding ortho intramolecular Hbond substituents is 1. The number of thioether (sulfide) groups is 2. The van der Waals surface area contributed by atoms with E-state index in [0.29, 0.717) is 11.3 Å². The summed E-state index contributed by atoms with van der Waals surface area (Å²) in [5.74, 6) is -4.53. The van der Waals surface area contributed by atoms with Gasteiger partial charge in [-0.05, 0) is 36.6 Å². The number of nitrogens with zero attached hydrogens (tertiary/aromatic N) is 6. The van der Waals surface area contributed by atoms with E-state index in [1.54, 1.807) is 12.1 Å². The quantitative estimate of drug-likeness (QED) is 0.0771. The Kier molecular flexibility index (Phi) is 12.4. The first-order valence-corrected chi connectivity index (χ1v) is 16.4. The summed E-state index contributed by atoms with van der Waals surface area (Å²) in [6.07, 6.45) is 0.744. The fourth-order valence-electron chi connectivity index (χ4n) is 4.23. The van der Waals surface area contributed by atoms with Crippen LogP contribution in [0.25, 0.3) is 11.3 Å². The van der Waals surface area contributed by atoms with Crippen LogP contribution in [0.4, 0.5) is 17.6 Å². The van der Waals surface area contributed by atoms with Crippen molar-refractivity contribution in [2.24, 2.45) is 0 Å². The van der Waals surface area contributed by atoms with Gasteiger partial charge in [-0.2, -0.15) is 20.5 Å². The molecule has 2 aromatic heterocycles. The molecule has 0 saturated carbocycles. The van der Waals surface area contributed by atoms with Crippen LogP contribution >= 0.6 is 23.5 Å². The number of halogens is 4. The topological polar surface area (TPSA) is 160 Å². The van der Waals surface area contributed by atoms with Crippen LogP contribution in [0.2, 0.25) is 0 Å². The molecule has 5 aromatic rings. The minimum Gasteiger partial charge on any atom is -0.508 e. The lowest BCUT2D eigenvalue weighted by Crippen LogP contribution is -2.04. The molecule has 49 heavy (non-hydrogen) atoms. The molecule has 0 bridgehead atoms. The highest BCUT2D eigenvalue weighted by atomic mass is 32.2. The smallest absolute Gasteiger partial charge is 0.233 e. The van der Waals surface area contributed by atoms with Crippen LogP contribution in [0.15, 0.2) is 71.0 Å². The zero-order valence-electron chi connectivity index (χ0n) is 25.8. The Balaban J connectivity index is 0.000000223. The van der Waals surface area contributed by atoms with Crippen LogP contribution in [0.5, 0.6) is 17.5 Å². The molecule has 5 rings (SSSR count). The predicted molar refractivity (Wildman–Crippen MR) is 174 cm³/mol. The highest BCUT2D eigenvalue weighted by molar-refractivity contribution is 7.98. The van der Waals surface area contributed by atoms with Gasteiger partial charge < -0.3 is 15.3 Å². The summed E-state index contributed by atoms with van der Waals surface area (Å²) >= 11 is 2.06. The molecule has 1 unspecified atom stereocenters. The highest BCUT2D eigenvalue weighted by Crippen LogP contribution is 2.33. The number of benzene rings is 3. The standard InChI is InChI=1S/C18H11F2N3O2S.C16H15F2N3OS/c19-14-6-2-4-11(15(14)20)9-26-18-22-16(13(8-21)17(25)23-18)10-3-1-5-12(24)7-10;1-3-9(2)14-11(7-19)15(22)21-16(20-14)23-8-10-5-4-6-12(17)13(10)18/h1-7,24H,9H2,(H,22,23,25);4-6,9H,3,8H2,1-2H3,(H,20,21,22). The summed E-state index contributed by atoms with van der Waals surface area (Å²) in [4.78, 5) is 16.2. The summed E-state index contributed by atoms with van der Waals surface area (Å²) in [7, 11) is 0. The van der Waals surface area contributed by atoms with Crippen molar-refractivity contribution in [3.8, 4) is 40.9 Å². The van der Waals surface area contributed by atoms with E-state index in [1.165, 1.54) is 36.4 Å². The number of phenols is 1. The molecule has 3 N–H and O–H groups in total. The Labute approximate surface area is 287 Å². The second-order valence-corrected chi connectivity index (χ2v) is 12.1. The zero-order chi connectivity index (χ0) is 35.7. The number of aromatic nitrogens is 4. The van der Waals surface area contributed by atoms with E-state index in [0.717, 1.165) is 42.1 Å². The minimum atomic E-state index is -0.953. The number of hydrogen-bond acceptors (Lipinski definition) is 11. The van der Waals surface area contributed by atoms with Crippen molar-refractivity contribution in [1.29, 1.82) is 10.5 Å². The fourth-order valence-corrected chi connectivity index (χ4v) is 5.87. The van der Waals surface area contributed by atoms with E-state index < -0.39 is 29.1 Å². The van der Waals surface area contributed by atoms with Gasteiger partial charge in [-0.3, -0.25) is 0 Å². The third-order valence-corrected chi connectivity index (χ3v) is 8.76. The van der Waals surface area contributed by atoms with E-state index in [1.807, 2.05) is 26.0 Å². The summed E-state index contributed by atoms with van der Waals surface area (Å²) < 4.78 is 53.9. The van der Waals surface area contributed by atoms with Gasteiger partial charge in [-0.1, -0.05) is 73.8 Å². The monoisotopic (exact) mass is 706 g/mol. The third-order valence-electron chi connectivity index (χ3n) is 6.97. The molecule has 0 radical (unpaired) electrons. The van der Waals surface area contributed by atoms with Crippen molar-refractivity contribution in [3.05, 3.63) is 112 Å².